The number of hydrogen-bond donors (Lipinski definition) is 3. The topological polar surface area (TPSA) is 96.0 Å². The van der Waals surface area contributed by atoms with Crippen LogP contribution in [0.15, 0.2) is 91.3 Å². The summed E-state index contributed by atoms with van der Waals surface area (Å²) < 4.78 is 0. The lowest BCUT2D eigenvalue weighted by atomic mass is 10.1. The minimum Gasteiger partial charge on any atom is -0.322 e. The number of carbonyl (C=O) groups excluding carboxylic acids is 2. The van der Waals surface area contributed by atoms with Crippen LogP contribution in [0.1, 0.15) is 15.9 Å². The van der Waals surface area contributed by atoms with Gasteiger partial charge in [-0.05, 0) is 36.8 Å². The highest BCUT2D eigenvalue weighted by molar-refractivity contribution is 6.05. The van der Waals surface area contributed by atoms with E-state index in [-0.39, 0.29) is 11.9 Å². The summed E-state index contributed by atoms with van der Waals surface area (Å²) in [5.41, 5.74) is 3.89. The first kappa shape index (κ1) is 20.7. The van der Waals surface area contributed by atoms with Crippen molar-refractivity contribution in [2.45, 2.75) is 6.92 Å². The molecule has 7 heteroatoms. The Labute approximate surface area is 185 Å². The maximum Gasteiger partial charge on any atom is 0.323 e. The molecule has 3 amide bonds. The van der Waals surface area contributed by atoms with E-state index in [0.717, 1.165) is 11.1 Å². The monoisotopic (exact) mass is 423 g/mol. The number of aryl methyl sites for hydroxylation is 1. The minimum atomic E-state index is -0.373. The summed E-state index contributed by atoms with van der Waals surface area (Å²) in [4.78, 5) is 33.5. The van der Waals surface area contributed by atoms with Crippen LogP contribution in [0.3, 0.4) is 0 Å². The van der Waals surface area contributed by atoms with E-state index in [1.807, 2.05) is 61.5 Å². The number of amides is 3. The Hall–Kier alpha value is -4.52. The van der Waals surface area contributed by atoms with E-state index >= 15 is 0 Å². The molecule has 0 aliphatic heterocycles. The highest BCUT2D eigenvalue weighted by Gasteiger charge is 2.11. The standard InChI is InChI=1S/C25H21N5O2/c1-17-12-13-21(29-25(32)28-20-10-6-3-7-11-20)14-22(17)30-24(31)19-15-26-23(27-16-19)18-8-4-2-5-9-18/h2-16H,1H3,(H,30,31)(H2,28,29,32). The predicted octanol–water partition coefficient (Wildman–Crippen LogP) is 5.35. The van der Waals surface area contributed by atoms with Gasteiger partial charge < -0.3 is 16.0 Å². The smallest absolute Gasteiger partial charge is 0.322 e. The first-order valence-corrected chi connectivity index (χ1v) is 10.0. The van der Waals surface area contributed by atoms with Crippen molar-refractivity contribution in [1.82, 2.24) is 9.97 Å². The SMILES string of the molecule is Cc1ccc(NC(=O)Nc2ccccc2)cc1NC(=O)c1cnc(-c2ccccc2)nc1. The van der Waals surface area contributed by atoms with Gasteiger partial charge in [-0.25, -0.2) is 14.8 Å². The first-order chi connectivity index (χ1) is 15.6. The van der Waals surface area contributed by atoms with Crippen molar-refractivity contribution in [2.75, 3.05) is 16.0 Å². The maximum absolute atomic E-state index is 12.7. The van der Waals surface area contributed by atoms with E-state index in [4.69, 9.17) is 0 Å². The van der Waals surface area contributed by atoms with Crippen molar-refractivity contribution in [1.29, 1.82) is 0 Å². The van der Waals surface area contributed by atoms with Gasteiger partial charge in [-0.2, -0.15) is 0 Å². The van der Waals surface area contributed by atoms with Gasteiger partial charge in [0.05, 0.1) is 5.56 Å². The number of nitrogens with one attached hydrogen (secondary N) is 3. The first-order valence-electron chi connectivity index (χ1n) is 10.0. The number of anilines is 3. The van der Waals surface area contributed by atoms with Crippen LogP contribution in [0.5, 0.6) is 0 Å². The summed E-state index contributed by atoms with van der Waals surface area (Å²) in [5, 5.41) is 8.38. The van der Waals surface area contributed by atoms with Crippen LogP contribution >= 0.6 is 0 Å². The molecular weight excluding hydrogens is 402 g/mol. The third-order valence-corrected chi connectivity index (χ3v) is 4.72. The molecule has 0 saturated carbocycles. The second-order valence-corrected chi connectivity index (χ2v) is 7.09. The molecule has 0 bridgehead atoms. The molecule has 3 aromatic carbocycles. The van der Waals surface area contributed by atoms with Crippen LogP contribution < -0.4 is 16.0 Å². The van der Waals surface area contributed by atoms with Crippen LogP contribution in [-0.4, -0.2) is 21.9 Å². The Kier molecular flexibility index (Phi) is 6.17. The fourth-order valence-electron chi connectivity index (χ4n) is 3.03. The highest BCUT2D eigenvalue weighted by atomic mass is 16.2. The largest absolute Gasteiger partial charge is 0.323 e. The summed E-state index contributed by atoms with van der Waals surface area (Å²) in [6.45, 7) is 1.87. The molecule has 1 heterocycles. The van der Waals surface area contributed by atoms with Crippen molar-refractivity contribution < 1.29 is 9.59 Å². The molecule has 0 spiro atoms. The second-order valence-electron chi connectivity index (χ2n) is 7.09. The molecule has 0 atom stereocenters. The van der Waals surface area contributed by atoms with E-state index in [9.17, 15) is 9.59 Å². The van der Waals surface area contributed by atoms with Gasteiger partial charge in [0.2, 0.25) is 0 Å². The Bertz CT molecular complexity index is 1230. The van der Waals surface area contributed by atoms with Gasteiger partial charge in [-0.3, -0.25) is 4.79 Å². The quantitative estimate of drug-likeness (QED) is 0.403. The molecule has 1 aromatic heterocycles. The third kappa shape index (κ3) is 5.14. The highest BCUT2D eigenvalue weighted by Crippen LogP contribution is 2.22. The Morgan fingerprint density at radius 1 is 0.719 bits per heavy atom. The van der Waals surface area contributed by atoms with Crippen molar-refractivity contribution in [2.24, 2.45) is 0 Å². The van der Waals surface area contributed by atoms with E-state index in [1.165, 1.54) is 12.4 Å². The van der Waals surface area contributed by atoms with Gasteiger partial charge in [-0.15, -0.1) is 0 Å². The van der Waals surface area contributed by atoms with Crippen LogP contribution in [0.2, 0.25) is 0 Å². The van der Waals surface area contributed by atoms with Crippen molar-refractivity contribution in [3.63, 3.8) is 0 Å². The lowest BCUT2D eigenvalue weighted by molar-refractivity contribution is 0.102. The van der Waals surface area contributed by atoms with Gasteiger partial charge in [-0.1, -0.05) is 54.6 Å². The molecule has 0 unspecified atom stereocenters. The Balaban J connectivity index is 1.43. The minimum absolute atomic E-state index is 0.335. The van der Waals surface area contributed by atoms with Crippen LogP contribution in [0.25, 0.3) is 11.4 Å². The molecule has 0 aliphatic carbocycles. The number of urea groups is 1. The van der Waals surface area contributed by atoms with E-state index < -0.39 is 0 Å². The Morgan fingerprint density at radius 3 is 2.03 bits per heavy atom. The number of nitrogens with zero attached hydrogens (tertiary/aromatic N) is 2. The number of carbonyl (C=O) groups is 2. The van der Waals surface area contributed by atoms with Crippen molar-refractivity contribution in [3.8, 4) is 11.4 Å². The van der Waals surface area contributed by atoms with E-state index in [0.29, 0.717) is 28.5 Å². The number of benzene rings is 3. The van der Waals surface area contributed by atoms with Crippen molar-refractivity contribution in [3.05, 3.63) is 102 Å². The fraction of sp³-hybridized carbons (Fsp3) is 0.0400. The summed E-state index contributed by atoms with van der Waals surface area (Å²) >= 11 is 0. The molecule has 158 valence electrons. The third-order valence-electron chi connectivity index (χ3n) is 4.72. The molecule has 0 radical (unpaired) electrons. The van der Waals surface area contributed by atoms with Crippen LogP contribution in [0, 0.1) is 6.92 Å². The van der Waals surface area contributed by atoms with Gasteiger partial charge in [0.25, 0.3) is 5.91 Å². The normalized spacial score (nSPS) is 10.3. The van der Waals surface area contributed by atoms with Gasteiger partial charge in [0.15, 0.2) is 5.82 Å². The van der Waals surface area contributed by atoms with E-state index in [2.05, 4.69) is 25.9 Å². The fourth-order valence-corrected chi connectivity index (χ4v) is 3.03. The maximum atomic E-state index is 12.7. The lowest BCUT2D eigenvalue weighted by Crippen LogP contribution is -2.19. The van der Waals surface area contributed by atoms with E-state index in [1.54, 1.807) is 24.3 Å². The van der Waals surface area contributed by atoms with Gasteiger partial charge in [0, 0.05) is 35.0 Å². The molecule has 0 saturated heterocycles. The van der Waals surface area contributed by atoms with Gasteiger partial charge >= 0.3 is 6.03 Å². The van der Waals surface area contributed by atoms with Crippen LogP contribution in [-0.2, 0) is 0 Å². The Morgan fingerprint density at radius 2 is 1.34 bits per heavy atom. The zero-order chi connectivity index (χ0) is 22.3. The van der Waals surface area contributed by atoms with Crippen molar-refractivity contribution >= 4 is 29.0 Å². The summed E-state index contributed by atoms with van der Waals surface area (Å²) in [5.74, 6) is 0.215. The molecule has 0 aliphatic rings. The molecule has 4 rings (SSSR count). The summed E-state index contributed by atoms with van der Waals surface area (Å²) in [7, 11) is 0. The molecular formula is C25H21N5O2. The number of para-hydroxylation sites is 1. The molecule has 4 aromatic rings. The average molecular weight is 423 g/mol. The van der Waals surface area contributed by atoms with Crippen LogP contribution in [0.4, 0.5) is 21.9 Å². The molecule has 0 fully saturated rings. The number of rotatable bonds is 5. The summed E-state index contributed by atoms with van der Waals surface area (Å²) in [6.07, 6.45) is 2.99. The number of hydrogen-bond acceptors (Lipinski definition) is 4. The number of aromatic nitrogens is 2. The predicted molar refractivity (Wildman–Crippen MR) is 126 cm³/mol. The zero-order valence-corrected chi connectivity index (χ0v) is 17.4. The average Bonchev–Trinajstić information content (AvgIpc) is 2.82. The zero-order valence-electron chi connectivity index (χ0n) is 17.4. The summed E-state index contributed by atoms with van der Waals surface area (Å²) in [6, 6.07) is 23.6. The second kappa shape index (κ2) is 9.53. The molecule has 32 heavy (non-hydrogen) atoms. The molecule has 3 N–H and O–H groups in total. The van der Waals surface area contributed by atoms with Gasteiger partial charge in [0.1, 0.15) is 0 Å². The lowest BCUT2D eigenvalue weighted by Gasteiger charge is -2.12. The molecule has 7 nitrogen and oxygen atoms in total.